The highest BCUT2D eigenvalue weighted by Gasteiger charge is 2.15. The average molecular weight is 296 g/mol. The molecule has 0 aliphatic rings. The number of halogens is 1. The Morgan fingerprint density at radius 1 is 1.53 bits per heavy atom. The summed E-state index contributed by atoms with van der Waals surface area (Å²) >= 11 is 11.0. The molecule has 0 saturated heterocycles. The van der Waals surface area contributed by atoms with Crippen molar-refractivity contribution < 1.29 is 4.74 Å². The van der Waals surface area contributed by atoms with Gasteiger partial charge in [0.2, 0.25) is 0 Å². The van der Waals surface area contributed by atoms with Crippen LogP contribution in [0.5, 0.6) is 5.75 Å². The van der Waals surface area contributed by atoms with Gasteiger partial charge in [-0.2, -0.15) is 5.10 Å². The summed E-state index contributed by atoms with van der Waals surface area (Å²) in [5, 5.41) is 7.63. The van der Waals surface area contributed by atoms with Gasteiger partial charge in [-0.15, -0.1) is 6.58 Å². The Morgan fingerprint density at radius 3 is 2.84 bits per heavy atom. The molecule has 0 unspecified atom stereocenters. The maximum absolute atomic E-state index is 5.83. The van der Waals surface area contributed by atoms with Crippen molar-refractivity contribution in [3.63, 3.8) is 0 Å². The average Bonchev–Trinajstić information content (AvgIpc) is 2.75. The van der Waals surface area contributed by atoms with Crippen LogP contribution >= 0.6 is 23.8 Å². The second kappa shape index (κ2) is 6.04. The van der Waals surface area contributed by atoms with E-state index in [0.717, 1.165) is 11.6 Å². The molecule has 0 spiro atoms. The summed E-state index contributed by atoms with van der Waals surface area (Å²) in [5.41, 5.74) is 0. The normalized spacial score (nSPS) is 12.1. The quantitative estimate of drug-likeness (QED) is 0.671. The van der Waals surface area contributed by atoms with E-state index in [2.05, 4.69) is 16.8 Å². The molecule has 0 saturated carbocycles. The van der Waals surface area contributed by atoms with Gasteiger partial charge in [0.25, 0.3) is 0 Å². The highest BCUT2D eigenvalue weighted by molar-refractivity contribution is 7.71. The topological polar surface area (TPSA) is 42.8 Å². The van der Waals surface area contributed by atoms with Gasteiger partial charge in [-0.05, 0) is 43.4 Å². The number of H-pyrrole nitrogens is 1. The summed E-state index contributed by atoms with van der Waals surface area (Å²) in [4.78, 5) is 0. The number of ether oxygens (including phenoxy) is 1. The maximum atomic E-state index is 5.83. The van der Waals surface area contributed by atoms with Crippen molar-refractivity contribution >= 4 is 23.8 Å². The molecular formula is C13H14ClN3OS. The van der Waals surface area contributed by atoms with Crippen molar-refractivity contribution in [3.05, 3.63) is 52.5 Å². The van der Waals surface area contributed by atoms with Crippen molar-refractivity contribution in [2.24, 2.45) is 0 Å². The van der Waals surface area contributed by atoms with E-state index in [4.69, 9.17) is 28.6 Å². The van der Waals surface area contributed by atoms with E-state index in [-0.39, 0.29) is 6.10 Å². The molecule has 1 N–H and O–H groups in total. The van der Waals surface area contributed by atoms with Gasteiger partial charge >= 0.3 is 0 Å². The second-order valence-corrected chi connectivity index (χ2v) is 4.82. The standard InChI is InChI=1S/C13H14ClN3OS/c1-3-8-17-12(15-16-13(17)19)9(2)18-11-6-4-10(14)5-7-11/h3-7,9H,1,8H2,2H3,(H,16,19)/t9-/m1/s1. The van der Waals surface area contributed by atoms with Gasteiger partial charge in [0.15, 0.2) is 16.7 Å². The highest BCUT2D eigenvalue weighted by Crippen LogP contribution is 2.22. The van der Waals surface area contributed by atoms with E-state index in [9.17, 15) is 0 Å². The summed E-state index contributed by atoms with van der Waals surface area (Å²) in [6, 6.07) is 7.20. The van der Waals surface area contributed by atoms with E-state index in [0.29, 0.717) is 16.3 Å². The van der Waals surface area contributed by atoms with Crippen LogP contribution in [0, 0.1) is 4.77 Å². The molecule has 6 heteroatoms. The predicted octanol–water partition coefficient (Wildman–Crippen LogP) is 3.92. The molecule has 2 rings (SSSR count). The van der Waals surface area contributed by atoms with Crippen LogP contribution in [0.4, 0.5) is 0 Å². The molecule has 1 aromatic heterocycles. The van der Waals surface area contributed by atoms with Gasteiger partial charge in [0.05, 0.1) is 0 Å². The van der Waals surface area contributed by atoms with Crippen LogP contribution < -0.4 is 4.74 Å². The van der Waals surface area contributed by atoms with Crippen LogP contribution in [-0.2, 0) is 6.54 Å². The van der Waals surface area contributed by atoms with Crippen molar-refractivity contribution in [1.82, 2.24) is 14.8 Å². The molecule has 100 valence electrons. The number of hydrogen-bond acceptors (Lipinski definition) is 3. The molecule has 0 bridgehead atoms. The Hall–Kier alpha value is -1.59. The Bertz CT molecular complexity index is 618. The van der Waals surface area contributed by atoms with Crippen LogP contribution in [-0.4, -0.2) is 14.8 Å². The Balaban J connectivity index is 2.20. The van der Waals surface area contributed by atoms with E-state index < -0.39 is 0 Å². The minimum absolute atomic E-state index is 0.228. The highest BCUT2D eigenvalue weighted by atomic mass is 35.5. The van der Waals surface area contributed by atoms with Gasteiger partial charge in [-0.1, -0.05) is 17.7 Å². The lowest BCUT2D eigenvalue weighted by atomic mass is 10.3. The molecule has 19 heavy (non-hydrogen) atoms. The number of hydrogen-bond donors (Lipinski definition) is 1. The number of rotatable bonds is 5. The molecule has 2 aromatic rings. The summed E-state index contributed by atoms with van der Waals surface area (Å²) in [7, 11) is 0. The summed E-state index contributed by atoms with van der Waals surface area (Å²) < 4.78 is 8.22. The fourth-order valence-corrected chi connectivity index (χ4v) is 2.06. The van der Waals surface area contributed by atoms with Crippen LogP contribution in [0.3, 0.4) is 0 Å². The zero-order valence-electron chi connectivity index (χ0n) is 10.5. The second-order valence-electron chi connectivity index (χ2n) is 4.00. The third-order valence-electron chi connectivity index (χ3n) is 2.59. The van der Waals surface area contributed by atoms with Crippen molar-refractivity contribution in [2.45, 2.75) is 19.6 Å². The molecule has 1 atom stereocenters. The predicted molar refractivity (Wildman–Crippen MR) is 78.1 cm³/mol. The molecule has 0 aliphatic carbocycles. The summed E-state index contributed by atoms with van der Waals surface area (Å²) in [5.74, 6) is 1.47. The first-order chi connectivity index (χ1) is 9.11. The summed E-state index contributed by atoms with van der Waals surface area (Å²) in [6.07, 6.45) is 1.54. The molecule has 1 aromatic carbocycles. The SMILES string of the molecule is C=CCn1c([C@@H](C)Oc2ccc(Cl)cc2)n[nH]c1=S. The van der Waals surface area contributed by atoms with Crippen molar-refractivity contribution in [2.75, 3.05) is 0 Å². The molecule has 0 aliphatic heterocycles. The summed E-state index contributed by atoms with van der Waals surface area (Å²) in [6.45, 7) is 6.22. The lowest BCUT2D eigenvalue weighted by molar-refractivity contribution is 0.211. The Labute approximate surface area is 121 Å². The number of aromatic nitrogens is 3. The largest absolute Gasteiger partial charge is 0.483 e. The number of nitrogens with zero attached hydrogens (tertiary/aromatic N) is 2. The van der Waals surface area contributed by atoms with Crippen LogP contribution in [0.1, 0.15) is 18.9 Å². The van der Waals surface area contributed by atoms with Gasteiger partial charge in [0.1, 0.15) is 5.75 Å². The zero-order chi connectivity index (χ0) is 13.8. The Morgan fingerprint density at radius 2 is 2.21 bits per heavy atom. The lowest BCUT2D eigenvalue weighted by Crippen LogP contribution is -2.11. The van der Waals surface area contributed by atoms with Gasteiger partial charge in [0, 0.05) is 11.6 Å². The van der Waals surface area contributed by atoms with E-state index >= 15 is 0 Å². The maximum Gasteiger partial charge on any atom is 0.195 e. The molecule has 1 heterocycles. The van der Waals surface area contributed by atoms with Crippen LogP contribution in [0.2, 0.25) is 5.02 Å². The lowest BCUT2D eigenvalue weighted by Gasteiger charge is -2.14. The fraction of sp³-hybridized carbons (Fsp3) is 0.231. The van der Waals surface area contributed by atoms with Crippen molar-refractivity contribution in [1.29, 1.82) is 0 Å². The third-order valence-corrected chi connectivity index (χ3v) is 3.15. The monoisotopic (exact) mass is 295 g/mol. The number of nitrogens with one attached hydrogen (secondary N) is 1. The first-order valence-electron chi connectivity index (χ1n) is 5.80. The van der Waals surface area contributed by atoms with Crippen LogP contribution in [0.25, 0.3) is 0 Å². The number of allylic oxidation sites excluding steroid dienone is 1. The number of benzene rings is 1. The minimum Gasteiger partial charge on any atom is -0.483 e. The van der Waals surface area contributed by atoms with E-state index in [1.807, 2.05) is 23.6 Å². The first kappa shape index (κ1) is 13.8. The van der Waals surface area contributed by atoms with Gasteiger partial charge < -0.3 is 4.74 Å². The third kappa shape index (κ3) is 3.24. The zero-order valence-corrected chi connectivity index (χ0v) is 12.0. The van der Waals surface area contributed by atoms with Gasteiger partial charge in [-0.3, -0.25) is 9.67 Å². The number of aromatic amines is 1. The minimum atomic E-state index is -0.228. The van der Waals surface area contributed by atoms with E-state index in [1.165, 1.54) is 0 Å². The smallest absolute Gasteiger partial charge is 0.195 e. The van der Waals surface area contributed by atoms with Crippen LogP contribution in [0.15, 0.2) is 36.9 Å². The molecule has 4 nitrogen and oxygen atoms in total. The van der Waals surface area contributed by atoms with Gasteiger partial charge in [-0.25, -0.2) is 0 Å². The molecule has 0 fully saturated rings. The Kier molecular flexibility index (Phi) is 4.39. The first-order valence-corrected chi connectivity index (χ1v) is 6.58. The van der Waals surface area contributed by atoms with E-state index in [1.54, 1.807) is 18.2 Å². The molecular weight excluding hydrogens is 282 g/mol. The van der Waals surface area contributed by atoms with Crippen molar-refractivity contribution in [3.8, 4) is 5.75 Å². The molecule has 0 radical (unpaired) electrons. The fourth-order valence-electron chi connectivity index (χ4n) is 1.72. The molecule has 0 amide bonds.